The summed E-state index contributed by atoms with van der Waals surface area (Å²) in [5.41, 5.74) is 3.12. The first-order valence-electron chi connectivity index (χ1n) is 7.68. The van der Waals surface area contributed by atoms with Crippen molar-refractivity contribution in [3.8, 4) is 5.75 Å². The van der Waals surface area contributed by atoms with Gasteiger partial charge in [0.15, 0.2) is 5.78 Å². The van der Waals surface area contributed by atoms with Crippen LogP contribution >= 0.6 is 11.3 Å². The molecule has 6 nitrogen and oxygen atoms in total. The molecule has 26 heavy (non-hydrogen) atoms. The lowest BCUT2D eigenvalue weighted by Gasteiger charge is -2.13. The third kappa shape index (κ3) is 4.27. The number of ether oxygens (including phenoxy) is 1. The number of para-hydroxylation sites is 2. The first kappa shape index (κ1) is 18.1. The van der Waals surface area contributed by atoms with Crippen LogP contribution < -0.4 is 9.46 Å². The monoisotopic (exact) mass is 388 g/mol. The maximum atomic E-state index is 12.7. The smallest absolute Gasteiger partial charge is 0.262 e. The fourth-order valence-electron chi connectivity index (χ4n) is 2.22. The summed E-state index contributed by atoms with van der Waals surface area (Å²) in [6.45, 7) is 1.63. The van der Waals surface area contributed by atoms with E-state index in [1.54, 1.807) is 35.8 Å². The molecule has 0 saturated carbocycles. The van der Waals surface area contributed by atoms with Crippen molar-refractivity contribution < 1.29 is 17.9 Å². The zero-order valence-corrected chi connectivity index (χ0v) is 15.5. The highest BCUT2D eigenvalue weighted by atomic mass is 32.2. The van der Waals surface area contributed by atoms with Crippen molar-refractivity contribution in [3.63, 3.8) is 0 Å². The molecule has 0 unspecified atom stereocenters. The van der Waals surface area contributed by atoms with Crippen LogP contribution in [-0.2, 0) is 16.6 Å². The molecule has 0 bridgehead atoms. The van der Waals surface area contributed by atoms with Crippen molar-refractivity contribution in [2.75, 3.05) is 4.72 Å². The van der Waals surface area contributed by atoms with Crippen molar-refractivity contribution in [2.45, 2.75) is 18.4 Å². The van der Waals surface area contributed by atoms with Crippen molar-refractivity contribution in [2.24, 2.45) is 0 Å². The molecular weight excluding hydrogens is 372 g/mol. The number of rotatable bonds is 7. The van der Waals surface area contributed by atoms with Crippen molar-refractivity contribution >= 4 is 32.8 Å². The first-order chi connectivity index (χ1) is 12.5. The third-order valence-corrected chi connectivity index (χ3v) is 5.54. The van der Waals surface area contributed by atoms with Crippen LogP contribution in [0, 0.1) is 0 Å². The Morgan fingerprint density at radius 1 is 1.19 bits per heavy atom. The maximum Gasteiger partial charge on any atom is 0.262 e. The van der Waals surface area contributed by atoms with Crippen LogP contribution in [0.15, 0.2) is 64.3 Å². The number of nitrogens with zero attached hydrogens (tertiary/aromatic N) is 1. The molecule has 1 heterocycles. The van der Waals surface area contributed by atoms with Gasteiger partial charge in [0.1, 0.15) is 12.4 Å². The fraction of sp³-hybridized carbons (Fsp3) is 0.111. The Labute approximate surface area is 155 Å². The summed E-state index contributed by atoms with van der Waals surface area (Å²) < 4.78 is 33.6. The quantitative estimate of drug-likeness (QED) is 0.624. The second-order valence-electron chi connectivity index (χ2n) is 5.45. The zero-order chi connectivity index (χ0) is 18.6. The lowest BCUT2D eigenvalue weighted by molar-refractivity contribution is 0.101. The van der Waals surface area contributed by atoms with E-state index in [2.05, 4.69) is 9.71 Å². The van der Waals surface area contributed by atoms with Crippen LogP contribution in [-0.4, -0.2) is 19.2 Å². The summed E-state index contributed by atoms with van der Waals surface area (Å²) in [5.74, 6) is 0.195. The normalized spacial score (nSPS) is 11.1. The lowest BCUT2D eigenvalue weighted by Crippen LogP contribution is -2.14. The molecule has 3 aromatic rings. The largest absolute Gasteiger partial charge is 0.485 e. The first-order valence-corrected chi connectivity index (χ1v) is 10.1. The number of thiazole rings is 1. The van der Waals surface area contributed by atoms with E-state index in [4.69, 9.17) is 4.74 Å². The van der Waals surface area contributed by atoms with Crippen LogP contribution in [0.3, 0.4) is 0 Å². The maximum absolute atomic E-state index is 12.7. The lowest BCUT2D eigenvalue weighted by atomic mass is 10.2. The van der Waals surface area contributed by atoms with Gasteiger partial charge in [0.05, 0.1) is 21.8 Å². The Bertz CT molecular complexity index is 1020. The Kier molecular flexibility index (Phi) is 5.34. The minimum absolute atomic E-state index is 0.0134. The van der Waals surface area contributed by atoms with E-state index < -0.39 is 10.0 Å². The average molecular weight is 388 g/mol. The Balaban J connectivity index is 1.83. The molecule has 8 heteroatoms. The van der Waals surface area contributed by atoms with E-state index in [-0.39, 0.29) is 17.3 Å². The number of carbonyl (C=O) groups excluding carboxylic acids is 1. The van der Waals surface area contributed by atoms with Gasteiger partial charge in [0.25, 0.3) is 10.0 Å². The van der Waals surface area contributed by atoms with E-state index in [9.17, 15) is 13.2 Å². The number of hydrogen-bond acceptors (Lipinski definition) is 6. The molecule has 0 spiro atoms. The number of carbonyl (C=O) groups is 1. The number of hydrogen-bond donors (Lipinski definition) is 1. The summed E-state index contributed by atoms with van der Waals surface area (Å²) in [6, 6.07) is 12.7. The number of ketones is 1. The summed E-state index contributed by atoms with van der Waals surface area (Å²) in [6.07, 6.45) is 0. The Hall–Kier alpha value is -2.71. The molecule has 3 rings (SSSR count). The molecule has 0 radical (unpaired) electrons. The van der Waals surface area contributed by atoms with Crippen LogP contribution in [0.2, 0.25) is 0 Å². The molecule has 1 N–H and O–H groups in total. The second kappa shape index (κ2) is 7.67. The summed E-state index contributed by atoms with van der Waals surface area (Å²) in [4.78, 5) is 15.6. The molecule has 0 atom stereocenters. The van der Waals surface area contributed by atoms with Gasteiger partial charge in [-0.1, -0.05) is 24.3 Å². The Morgan fingerprint density at radius 2 is 2.00 bits per heavy atom. The standard InChI is InChI=1S/C18H16N2O4S2/c1-13(21)14-5-4-6-16(9-14)26(22,23)20-17-7-2-3-8-18(17)24-10-15-11-25-12-19-15/h2-9,11-12,20H,10H2,1H3. The van der Waals surface area contributed by atoms with E-state index in [0.717, 1.165) is 5.69 Å². The van der Waals surface area contributed by atoms with Gasteiger partial charge in [-0.15, -0.1) is 11.3 Å². The number of anilines is 1. The second-order valence-corrected chi connectivity index (χ2v) is 7.86. The van der Waals surface area contributed by atoms with E-state index in [0.29, 0.717) is 17.0 Å². The highest BCUT2D eigenvalue weighted by Gasteiger charge is 2.17. The molecule has 0 aliphatic rings. The number of nitrogens with one attached hydrogen (secondary N) is 1. The van der Waals surface area contributed by atoms with Crippen LogP contribution in [0.5, 0.6) is 5.75 Å². The average Bonchev–Trinajstić information content (AvgIpc) is 3.14. The van der Waals surface area contributed by atoms with Crippen molar-refractivity contribution in [1.82, 2.24) is 4.98 Å². The number of sulfonamides is 1. The van der Waals surface area contributed by atoms with Gasteiger partial charge in [0.2, 0.25) is 0 Å². The number of benzene rings is 2. The fourth-order valence-corrected chi connectivity index (χ4v) is 3.88. The Morgan fingerprint density at radius 3 is 2.73 bits per heavy atom. The molecule has 134 valence electrons. The molecule has 0 aliphatic heterocycles. The van der Waals surface area contributed by atoms with Crippen LogP contribution in [0.4, 0.5) is 5.69 Å². The van der Waals surface area contributed by atoms with Gasteiger partial charge >= 0.3 is 0 Å². The number of Topliss-reactive ketones (excluding diaryl/α,β-unsaturated/α-hetero) is 1. The highest BCUT2D eigenvalue weighted by Crippen LogP contribution is 2.27. The van der Waals surface area contributed by atoms with Crippen molar-refractivity contribution in [1.29, 1.82) is 0 Å². The highest BCUT2D eigenvalue weighted by molar-refractivity contribution is 7.92. The predicted octanol–water partition coefficient (Wildman–Crippen LogP) is 3.73. The minimum Gasteiger partial charge on any atom is -0.485 e. The molecule has 0 aliphatic carbocycles. The van der Waals surface area contributed by atoms with Crippen LogP contribution in [0.25, 0.3) is 0 Å². The molecule has 1 aromatic heterocycles. The van der Waals surface area contributed by atoms with Gasteiger partial charge in [-0.25, -0.2) is 13.4 Å². The SMILES string of the molecule is CC(=O)c1cccc(S(=O)(=O)Nc2ccccc2OCc2cscn2)c1. The van der Waals surface area contributed by atoms with Gasteiger partial charge < -0.3 is 4.74 Å². The van der Waals surface area contributed by atoms with E-state index >= 15 is 0 Å². The predicted molar refractivity (Wildman–Crippen MR) is 100 cm³/mol. The molecule has 0 amide bonds. The van der Waals surface area contributed by atoms with Gasteiger partial charge in [-0.05, 0) is 31.2 Å². The summed E-state index contributed by atoms with van der Waals surface area (Å²) >= 11 is 1.46. The van der Waals surface area contributed by atoms with Crippen molar-refractivity contribution in [3.05, 3.63) is 70.7 Å². The third-order valence-electron chi connectivity index (χ3n) is 3.54. The van der Waals surface area contributed by atoms with E-state index in [1.807, 2.05) is 5.38 Å². The molecule has 0 saturated heterocycles. The zero-order valence-electron chi connectivity index (χ0n) is 13.9. The van der Waals surface area contributed by atoms with Gasteiger partial charge in [-0.2, -0.15) is 0 Å². The van der Waals surface area contributed by atoms with Crippen LogP contribution in [0.1, 0.15) is 23.0 Å². The van der Waals surface area contributed by atoms with Gasteiger partial charge in [0, 0.05) is 10.9 Å². The molecule has 2 aromatic carbocycles. The van der Waals surface area contributed by atoms with E-state index in [1.165, 1.54) is 36.5 Å². The topological polar surface area (TPSA) is 85.4 Å². The minimum atomic E-state index is -3.86. The van der Waals surface area contributed by atoms with Gasteiger partial charge in [-0.3, -0.25) is 9.52 Å². The number of aromatic nitrogens is 1. The molecular formula is C18H16N2O4S2. The summed E-state index contributed by atoms with van der Waals surface area (Å²) in [5, 5.41) is 1.86. The molecule has 0 fully saturated rings. The summed E-state index contributed by atoms with van der Waals surface area (Å²) in [7, 11) is -3.86.